The molecule has 0 atom stereocenters. The van der Waals surface area contributed by atoms with E-state index in [1.807, 2.05) is 35.8 Å². The number of aromatic nitrogens is 4. The first kappa shape index (κ1) is 18.9. The van der Waals surface area contributed by atoms with Gasteiger partial charge in [-0.15, -0.1) is 0 Å². The summed E-state index contributed by atoms with van der Waals surface area (Å²) in [4.78, 5) is 28.9. The second-order valence-electron chi connectivity index (χ2n) is 7.28. The summed E-state index contributed by atoms with van der Waals surface area (Å²) in [7, 11) is 3.95. The molecule has 0 bridgehead atoms. The summed E-state index contributed by atoms with van der Waals surface area (Å²) >= 11 is 0. The quantitative estimate of drug-likeness (QED) is 0.705. The number of rotatable bonds is 4. The lowest BCUT2D eigenvalue weighted by atomic mass is 10.2. The van der Waals surface area contributed by atoms with Crippen LogP contribution in [0.2, 0.25) is 0 Å². The minimum Gasteiger partial charge on any atom is -0.505 e. The van der Waals surface area contributed by atoms with E-state index in [4.69, 9.17) is 0 Å². The Hall–Kier alpha value is -3.46. The molecular weight excluding hydrogens is 372 g/mol. The minimum atomic E-state index is -0.504. The lowest BCUT2D eigenvalue weighted by molar-refractivity contribution is 0.0694. The van der Waals surface area contributed by atoms with E-state index in [9.17, 15) is 14.7 Å². The Balaban J connectivity index is 1.62. The Morgan fingerprint density at radius 3 is 2.62 bits per heavy atom. The van der Waals surface area contributed by atoms with Crippen molar-refractivity contribution >= 4 is 5.91 Å². The highest BCUT2D eigenvalue weighted by Crippen LogP contribution is 2.20. The molecule has 9 heteroatoms. The van der Waals surface area contributed by atoms with Crippen molar-refractivity contribution in [1.82, 2.24) is 29.4 Å². The van der Waals surface area contributed by atoms with Gasteiger partial charge in [-0.3, -0.25) is 14.3 Å². The molecule has 0 saturated carbocycles. The molecule has 0 radical (unpaired) electrons. The number of carbonyl (C=O) groups excluding carboxylic acids is 1. The summed E-state index contributed by atoms with van der Waals surface area (Å²) < 4.78 is 3.02. The maximum Gasteiger partial charge on any atom is 0.278 e. The molecule has 0 fully saturated rings. The van der Waals surface area contributed by atoms with Crippen molar-refractivity contribution < 1.29 is 9.90 Å². The zero-order valence-corrected chi connectivity index (χ0v) is 16.3. The van der Waals surface area contributed by atoms with Crippen molar-refractivity contribution in [2.75, 3.05) is 20.6 Å². The molecule has 1 aromatic carbocycles. The smallest absolute Gasteiger partial charge is 0.278 e. The van der Waals surface area contributed by atoms with E-state index in [1.165, 1.54) is 0 Å². The first-order valence-corrected chi connectivity index (χ1v) is 9.31. The molecule has 4 rings (SSSR count). The number of amides is 1. The summed E-state index contributed by atoms with van der Waals surface area (Å²) in [6.45, 7) is 2.09. The van der Waals surface area contributed by atoms with Crippen molar-refractivity contribution in [3.05, 3.63) is 69.9 Å². The van der Waals surface area contributed by atoms with Gasteiger partial charge in [-0.05, 0) is 32.3 Å². The van der Waals surface area contributed by atoms with E-state index in [1.54, 1.807) is 29.2 Å². The second kappa shape index (κ2) is 7.51. The van der Waals surface area contributed by atoms with Crippen molar-refractivity contribution in [2.45, 2.75) is 19.6 Å². The zero-order chi connectivity index (χ0) is 20.5. The van der Waals surface area contributed by atoms with Crippen molar-refractivity contribution in [1.29, 1.82) is 0 Å². The van der Waals surface area contributed by atoms with Gasteiger partial charge >= 0.3 is 0 Å². The molecule has 29 heavy (non-hydrogen) atoms. The number of fused-ring (bicyclic) bond motifs is 1. The third-order valence-corrected chi connectivity index (χ3v) is 4.73. The van der Waals surface area contributed by atoms with Crippen LogP contribution in [0.1, 0.15) is 21.9 Å². The average Bonchev–Trinajstić information content (AvgIpc) is 3.09. The van der Waals surface area contributed by atoms with Gasteiger partial charge < -0.3 is 14.9 Å². The number of para-hydroxylation sites is 1. The lowest BCUT2D eigenvalue weighted by Crippen LogP contribution is -2.39. The summed E-state index contributed by atoms with van der Waals surface area (Å²) in [5.41, 5.74) is 1.75. The highest BCUT2D eigenvalue weighted by Gasteiger charge is 2.27. The van der Waals surface area contributed by atoms with Gasteiger partial charge in [-0.1, -0.05) is 18.2 Å². The Morgan fingerprint density at radius 1 is 1.14 bits per heavy atom. The molecule has 9 nitrogen and oxygen atoms in total. The maximum absolute atomic E-state index is 13.1. The van der Waals surface area contributed by atoms with Crippen LogP contribution in [0.3, 0.4) is 0 Å². The molecule has 1 aliphatic rings. The van der Waals surface area contributed by atoms with E-state index in [-0.39, 0.29) is 5.69 Å². The lowest BCUT2D eigenvalue weighted by Gasteiger charge is -2.27. The summed E-state index contributed by atoms with van der Waals surface area (Å²) in [6.07, 6.45) is 0. The zero-order valence-electron chi connectivity index (χ0n) is 16.3. The third kappa shape index (κ3) is 3.77. The molecule has 1 N–H and O–H groups in total. The molecule has 1 aliphatic heterocycles. The molecule has 150 valence electrons. The minimum absolute atomic E-state index is 0.144. The summed E-state index contributed by atoms with van der Waals surface area (Å²) in [5, 5.41) is 18.9. The number of benzene rings is 1. The fourth-order valence-electron chi connectivity index (χ4n) is 3.40. The van der Waals surface area contributed by atoms with Crippen LogP contribution in [0.5, 0.6) is 5.75 Å². The van der Waals surface area contributed by atoms with Crippen molar-refractivity contribution in [2.24, 2.45) is 0 Å². The Morgan fingerprint density at radius 2 is 1.90 bits per heavy atom. The monoisotopic (exact) mass is 394 g/mol. The molecular formula is C20H22N6O3. The van der Waals surface area contributed by atoms with Crippen molar-refractivity contribution in [3.63, 3.8) is 0 Å². The van der Waals surface area contributed by atoms with Gasteiger partial charge in [-0.2, -0.15) is 14.9 Å². The van der Waals surface area contributed by atoms with Crippen LogP contribution in [0.15, 0.2) is 47.3 Å². The number of nitrogens with zero attached hydrogens (tertiary/aromatic N) is 6. The fraction of sp³-hybridized carbons (Fsp3) is 0.300. The molecule has 0 spiro atoms. The number of aromatic hydroxyl groups is 1. The van der Waals surface area contributed by atoms with Crippen LogP contribution in [-0.2, 0) is 19.6 Å². The SMILES string of the molecule is CN(C)Cc1cc2n(n1)CCN(C(=O)c1nn(-c3ccccc3)c(=O)cc1O)C2. The van der Waals surface area contributed by atoms with Crippen molar-refractivity contribution in [3.8, 4) is 11.4 Å². The molecule has 0 saturated heterocycles. The molecule has 2 aromatic heterocycles. The standard InChI is InChI=1S/C20H22N6O3/c1-23(2)12-14-10-16-13-24(8-9-25(16)21-14)20(29)19-17(27)11-18(28)26(22-19)15-6-4-3-5-7-15/h3-7,10-11,27H,8-9,12-13H2,1-2H3. The number of carbonyl (C=O) groups is 1. The van der Waals surface area contributed by atoms with Crippen LogP contribution in [0.4, 0.5) is 0 Å². The average molecular weight is 394 g/mol. The van der Waals surface area contributed by atoms with Crippen LogP contribution >= 0.6 is 0 Å². The van der Waals surface area contributed by atoms with E-state index in [0.717, 1.165) is 28.7 Å². The first-order chi connectivity index (χ1) is 13.9. The van der Waals surface area contributed by atoms with Crippen LogP contribution in [0, 0.1) is 0 Å². The molecule has 0 aliphatic carbocycles. The molecule has 0 unspecified atom stereocenters. The topological polar surface area (TPSA) is 96.5 Å². The van der Waals surface area contributed by atoms with Gasteiger partial charge in [0.15, 0.2) is 11.4 Å². The van der Waals surface area contributed by atoms with Gasteiger partial charge in [0.25, 0.3) is 11.5 Å². The highest BCUT2D eigenvalue weighted by atomic mass is 16.3. The predicted octanol–water partition coefficient (Wildman–Crippen LogP) is 0.852. The molecule has 3 heterocycles. The predicted molar refractivity (Wildman–Crippen MR) is 106 cm³/mol. The van der Waals surface area contributed by atoms with Gasteiger partial charge in [0.1, 0.15) is 0 Å². The highest BCUT2D eigenvalue weighted by molar-refractivity contribution is 5.94. The van der Waals surface area contributed by atoms with Gasteiger partial charge in [0.05, 0.1) is 30.2 Å². The van der Waals surface area contributed by atoms with Gasteiger partial charge in [-0.25, -0.2) is 0 Å². The van der Waals surface area contributed by atoms with E-state index >= 15 is 0 Å². The van der Waals surface area contributed by atoms with Crippen LogP contribution < -0.4 is 5.56 Å². The van der Waals surface area contributed by atoms with Crippen LogP contribution in [-0.4, -0.2) is 61.0 Å². The third-order valence-electron chi connectivity index (χ3n) is 4.73. The van der Waals surface area contributed by atoms with Crippen LogP contribution in [0.25, 0.3) is 5.69 Å². The maximum atomic E-state index is 13.1. The number of hydrogen-bond donors (Lipinski definition) is 1. The fourth-order valence-corrected chi connectivity index (χ4v) is 3.40. The Kier molecular flexibility index (Phi) is 4.89. The second-order valence-corrected chi connectivity index (χ2v) is 7.28. The molecule has 1 amide bonds. The molecule has 3 aromatic rings. The van der Waals surface area contributed by atoms with E-state index in [0.29, 0.717) is 25.3 Å². The normalized spacial score (nSPS) is 13.6. The largest absolute Gasteiger partial charge is 0.505 e. The number of hydrogen-bond acceptors (Lipinski definition) is 6. The van der Waals surface area contributed by atoms with E-state index in [2.05, 4.69) is 10.2 Å². The van der Waals surface area contributed by atoms with E-state index < -0.39 is 17.2 Å². The Labute approximate surface area is 167 Å². The van der Waals surface area contributed by atoms with Gasteiger partial charge in [0.2, 0.25) is 0 Å². The first-order valence-electron chi connectivity index (χ1n) is 9.31. The Bertz CT molecular complexity index is 1100. The van der Waals surface area contributed by atoms with Gasteiger partial charge in [0, 0.05) is 19.2 Å². The summed E-state index contributed by atoms with van der Waals surface area (Å²) in [6, 6.07) is 11.8. The summed E-state index contributed by atoms with van der Waals surface area (Å²) in [5.74, 6) is -0.839.